The first-order valence-electron chi connectivity index (χ1n) is 11.5. The van der Waals surface area contributed by atoms with Crippen molar-refractivity contribution in [1.82, 2.24) is 0 Å². The Kier molecular flexibility index (Phi) is 5.39. The zero-order chi connectivity index (χ0) is 19.9. The molecule has 3 fully saturated rings. The summed E-state index contributed by atoms with van der Waals surface area (Å²) in [6.45, 7) is 4.92. The topological polar surface area (TPSA) is 51.2 Å². The van der Waals surface area contributed by atoms with Gasteiger partial charge in [-0.3, -0.25) is 0 Å². The van der Waals surface area contributed by atoms with E-state index in [1.54, 1.807) is 5.57 Å². The highest BCUT2D eigenvalue weighted by Gasteiger charge is 2.60. The summed E-state index contributed by atoms with van der Waals surface area (Å²) in [6.07, 6.45) is 16.1. The minimum atomic E-state index is 0.244. The number of aldehydes is 3. The van der Waals surface area contributed by atoms with Crippen molar-refractivity contribution in [1.29, 1.82) is 0 Å². The van der Waals surface area contributed by atoms with Crippen LogP contribution in [0.1, 0.15) is 78.1 Å². The molecule has 0 radical (unpaired) electrons. The summed E-state index contributed by atoms with van der Waals surface area (Å²) in [7, 11) is 0. The molecule has 0 saturated heterocycles. The van der Waals surface area contributed by atoms with E-state index in [2.05, 4.69) is 19.9 Å². The maximum absolute atomic E-state index is 11.6. The Morgan fingerprint density at radius 1 is 0.893 bits per heavy atom. The van der Waals surface area contributed by atoms with Crippen LogP contribution < -0.4 is 0 Å². The van der Waals surface area contributed by atoms with E-state index in [0.29, 0.717) is 54.8 Å². The number of hydrogen-bond donors (Lipinski definition) is 0. The van der Waals surface area contributed by atoms with Crippen LogP contribution in [0.3, 0.4) is 0 Å². The molecule has 8 atom stereocenters. The Morgan fingerprint density at radius 2 is 1.64 bits per heavy atom. The van der Waals surface area contributed by atoms with Gasteiger partial charge in [-0.1, -0.05) is 25.5 Å². The predicted molar refractivity (Wildman–Crippen MR) is 110 cm³/mol. The van der Waals surface area contributed by atoms with Gasteiger partial charge in [-0.15, -0.1) is 0 Å². The van der Waals surface area contributed by atoms with Crippen LogP contribution in [-0.2, 0) is 14.4 Å². The first kappa shape index (κ1) is 20.0. The highest BCUT2D eigenvalue weighted by Crippen LogP contribution is 2.68. The highest BCUT2D eigenvalue weighted by molar-refractivity contribution is 5.52. The molecule has 4 aliphatic rings. The summed E-state index contributed by atoms with van der Waals surface area (Å²) in [5, 5.41) is 0. The van der Waals surface area contributed by atoms with Crippen molar-refractivity contribution in [3.63, 3.8) is 0 Å². The molecule has 0 heterocycles. The van der Waals surface area contributed by atoms with E-state index < -0.39 is 0 Å². The van der Waals surface area contributed by atoms with Gasteiger partial charge in [0.15, 0.2) is 0 Å². The third-order valence-electron chi connectivity index (χ3n) is 9.75. The number of allylic oxidation sites excluding steroid dienone is 2. The van der Waals surface area contributed by atoms with E-state index in [4.69, 9.17) is 0 Å². The van der Waals surface area contributed by atoms with Gasteiger partial charge in [0.2, 0.25) is 0 Å². The number of carbonyl (C=O) groups excluding carboxylic acids is 3. The molecule has 0 aromatic heterocycles. The van der Waals surface area contributed by atoms with Crippen LogP contribution in [0.5, 0.6) is 0 Å². The Bertz CT molecular complexity index is 667. The molecule has 0 spiro atoms. The normalized spacial score (nSPS) is 47.3. The Morgan fingerprint density at radius 3 is 2.36 bits per heavy atom. The summed E-state index contributed by atoms with van der Waals surface area (Å²) in [5.74, 6) is 3.24. The van der Waals surface area contributed by atoms with Gasteiger partial charge in [0.1, 0.15) is 18.9 Å². The molecule has 0 amide bonds. The van der Waals surface area contributed by atoms with Gasteiger partial charge in [-0.25, -0.2) is 0 Å². The average molecular weight is 385 g/mol. The van der Waals surface area contributed by atoms with Crippen LogP contribution in [0.2, 0.25) is 0 Å². The summed E-state index contributed by atoms with van der Waals surface area (Å²) in [5.41, 5.74) is 2.05. The molecule has 3 unspecified atom stereocenters. The van der Waals surface area contributed by atoms with Gasteiger partial charge in [-0.2, -0.15) is 0 Å². The third-order valence-corrected chi connectivity index (χ3v) is 9.75. The van der Waals surface area contributed by atoms with Gasteiger partial charge in [0, 0.05) is 19.3 Å². The lowest BCUT2D eigenvalue weighted by Gasteiger charge is -2.60. The Balaban J connectivity index is 1.69. The molecule has 3 heteroatoms. The number of carbonyl (C=O) groups is 3. The van der Waals surface area contributed by atoms with Gasteiger partial charge in [0.25, 0.3) is 0 Å². The van der Waals surface area contributed by atoms with Crippen molar-refractivity contribution < 1.29 is 14.4 Å². The molecule has 4 aliphatic carbocycles. The molecule has 3 nitrogen and oxygen atoms in total. The number of rotatable bonds is 6. The van der Waals surface area contributed by atoms with Crippen LogP contribution >= 0.6 is 0 Å². The minimum absolute atomic E-state index is 0.244. The van der Waals surface area contributed by atoms with E-state index in [0.717, 1.165) is 31.7 Å². The standard InChI is InChI=1S/C25H36O3/c1-24-11-6-22-23(21(24)4-3-19(24)9-14-28)18(8-13-27)16-20-15-17(7-12-26)5-10-25(20,22)2/h12-14,16-19,21-23H,3-11,15H2,1-2H3/t17?,18?,19?,21-,22+,23-,24+,25-/m0/s1. The quantitative estimate of drug-likeness (QED) is 0.469. The van der Waals surface area contributed by atoms with Crippen LogP contribution in [0.4, 0.5) is 0 Å². The van der Waals surface area contributed by atoms with Crippen LogP contribution in [0.15, 0.2) is 11.6 Å². The molecular formula is C25H36O3. The zero-order valence-corrected chi connectivity index (χ0v) is 17.6. The molecular weight excluding hydrogens is 348 g/mol. The molecule has 0 aromatic carbocycles. The van der Waals surface area contributed by atoms with E-state index >= 15 is 0 Å². The predicted octanol–water partition coefficient (Wildman–Crippen LogP) is 5.17. The first-order chi connectivity index (χ1) is 13.5. The van der Waals surface area contributed by atoms with E-state index in [1.807, 2.05) is 0 Å². The molecule has 28 heavy (non-hydrogen) atoms. The molecule has 0 aromatic rings. The smallest absolute Gasteiger partial charge is 0.120 e. The van der Waals surface area contributed by atoms with Crippen molar-refractivity contribution in [3.05, 3.63) is 11.6 Å². The molecule has 0 aliphatic heterocycles. The second-order valence-electron chi connectivity index (χ2n) is 10.7. The highest BCUT2D eigenvalue weighted by atomic mass is 16.1. The van der Waals surface area contributed by atoms with E-state index in [1.165, 1.54) is 32.1 Å². The molecule has 0 bridgehead atoms. The monoisotopic (exact) mass is 384 g/mol. The second kappa shape index (κ2) is 7.54. The van der Waals surface area contributed by atoms with Crippen molar-refractivity contribution in [2.45, 2.75) is 78.1 Å². The molecule has 0 N–H and O–H groups in total. The SMILES string of the molecule is C[C@]12CCC(CC=O)CC1=CC(CC=O)[C@@H]1[C@H]2CC[C@]2(C)C(CC=O)CC[C@@H]12. The maximum Gasteiger partial charge on any atom is 0.120 e. The van der Waals surface area contributed by atoms with Gasteiger partial charge >= 0.3 is 0 Å². The lowest BCUT2D eigenvalue weighted by Crippen LogP contribution is -2.52. The third kappa shape index (κ3) is 2.95. The van der Waals surface area contributed by atoms with Crippen molar-refractivity contribution >= 4 is 18.9 Å². The second-order valence-corrected chi connectivity index (χ2v) is 10.7. The number of fused-ring (bicyclic) bond motifs is 5. The minimum Gasteiger partial charge on any atom is -0.303 e. The van der Waals surface area contributed by atoms with Gasteiger partial charge in [0.05, 0.1) is 0 Å². The van der Waals surface area contributed by atoms with Gasteiger partial charge in [-0.05, 0) is 91.3 Å². The summed E-state index contributed by atoms with van der Waals surface area (Å²) in [6, 6.07) is 0. The van der Waals surface area contributed by atoms with E-state index in [9.17, 15) is 14.4 Å². The van der Waals surface area contributed by atoms with Crippen LogP contribution in [0, 0.1) is 46.3 Å². The van der Waals surface area contributed by atoms with Crippen LogP contribution in [-0.4, -0.2) is 18.9 Å². The maximum atomic E-state index is 11.6. The zero-order valence-electron chi connectivity index (χ0n) is 17.6. The fourth-order valence-corrected chi connectivity index (χ4v) is 8.18. The van der Waals surface area contributed by atoms with E-state index in [-0.39, 0.29) is 10.8 Å². The fraction of sp³-hybridized carbons (Fsp3) is 0.800. The Labute approximate surface area is 169 Å². The summed E-state index contributed by atoms with van der Waals surface area (Å²) < 4.78 is 0. The van der Waals surface area contributed by atoms with Crippen molar-refractivity contribution in [3.8, 4) is 0 Å². The number of hydrogen-bond acceptors (Lipinski definition) is 3. The largest absolute Gasteiger partial charge is 0.303 e. The Hall–Kier alpha value is -1.25. The van der Waals surface area contributed by atoms with Crippen molar-refractivity contribution in [2.24, 2.45) is 46.3 Å². The summed E-state index contributed by atoms with van der Waals surface area (Å²) in [4.78, 5) is 33.9. The van der Waals surface area contributed by atoms with Crippen molar-refractivity contribution in [2.75, 3.05) is 0 Å². The summed E-state index contributed by atoms with van der Waals surface area (Å²) >= 11 is 0. The first-order valence-corrected chi connectivity index (χ1v) is 11.5. The fourth-order valence-electron chi connectivity index (χ4n) is 8.18. The lowest BCUT2D eigenvalue weighted by atomic mass is 9.44. The average Bonchev–Trinajstić information content (AvgIpc) is 3.00. The molecule has 154 valence electrons. The van der Waals surface area contributed by atoms with Gasteiger partial charge < -0.3 is 14.4 Å². The molecule has 4 rings (SSSR count). The lowest BCUT2D eigenvalue weighted by molar-refractivity contribution is -0.112. The molecule has 3 saturated carbocycles. The van der Waals surface area contributed by atoms with Crippen LogP contribution in [0.25, 0.3) is 0 Å².